The number of aliphatic hydroxyl groups excluding tert-OH is 6. The molecule has 1 aromatic heterocycles. The fourth-order valence-corrected chi connectivity index (χ4v) is 4.69. The van der Waals surface area contributed by atoms with E-state index in [1.807, 2.05) is 0 Å². The van der Waals surface area contributed by atoms with Crippen molar-refractivity contribution in [1.82, 2.24) is 0 Å². The number of rotatable bonds is 7. The number of phenolic OH excluding ortho intramolecular Hbond substituents is 1. The average Bonchev–Trinajstić information content (AvgIpc) is 2.96. The molecule has 3 aromatic rings. The predicted molar refractivity (Wildman–Crippen MR) is 137 cm³/mol. The molecule has 2 aliphatic rings. The molecule has 14 heteroatoms. The zero-order valence-electron chi connectivity index (χ0n) is 21.6. The molecule has 9 unspecified atom stereocenters. The van der Waals surface area contributed by atoms with Crippen molar-refractivity contribution in [2.24, 2.45) is 0 Å². The molecule has 9 atom stereocenters. The van der Waals surface area contributed by atoms with Gasteiger partial charge in [0, 0.05) is 23.8 Å². The number of aliphatic hydroxyl groups is 6. The van der Waals surface area contributed by atoms with E-state index >= 15 is 0 Å². The van der Waals surface area contributed by atoms with E-state index in [1.165, 1.54) is 19.2 Å². The van der Waals surface area contributed by atoms with Crippen molar-refractivity contribution in [2.75, 3.05) is 20.3 Å². The topological polar surface area (TPSA) is 218 Å². The van der Waals surface area contributed by atoms with Crippen LogP contribution in [0.15, 0.2) is 51.7 Å². The van der Waals surface area contributed by atoms with E-state index in [2.05, 4.69) is 0 Å². The van der Waals surface area contributed by atoms with Gasteiger partial charge in [0.2, 0.25) is 6.29 Å². The summed E-state index contributed by atoms with van der Waals surface area (Å²) in [4.78, 5) is 12.7. The normalized spacial score (nSPS) is 32.1. The van der Waals surface area contributed by atoms with E-state index in [1.54, 1.807) is 24.3 Å². The van der Waals surface area contributed by atoms with Crippen molar-refractivity contribution in [2.45, 2.75) is 55.3 Å². The molecule has 0 bridgehead atoms. The number of methoxy groups -OCH3 is 1. The van der Waals surface area contributed by atoms with Crippen LogP contribution in [0.2, 0.25) is 0 Å². The Hall–Kier alpha value is -3.31. The summed E-state index contributed by atoms with van der Waals surface area (Å²) in [5.74, 6) is 0.343. The minimum Gasteiger partial charge on any atom is -0.507 e. The maximum absolute atomic E-state index is 12.7. The van der Waals surface area contributed by atoms with Crippen LogP contribution in [0.4, 0.5) is 0 Å². The van der Waals surface area contributed by atoms with Crippen LogP contribution in [-0.4, -0.2) is 111 Å². The van der Waals surface area contributed by atoms with Crippen LogP contribution >= 0.6 is 0 Å². The first kappa shape index (κ1) is 29.2. The van der Waals surface area contributed by atoms with Gasteiger partial charge in [-0.05, 0) is 24.3 Å². The van der Waals surface area contributed by atoms with Crippen molar-refractivity contribution >= 4 is 11.0 Å². The molecule has 41 heavy (non-hydrogen) atoms. The van der Waals surface area contributed by atoms with Crippen LogP contribution in [0.1, 0.15) is 0 Å². The van der Waals surface area contributed by atoms with Gasteiger partial charge in [0.15, 0.2) is 11.7 Å². The zero-order chi connectivity index (χ0) is 29.4. The Morgan fingerprint density at radius 1 is 0.878 bits per heavy atom. The number of benzene rings is 2. The first-order valence-corrected chi connectivity index (χ1v) is 12.7. The van der Waals surface area contributed by atoms with Crippen LogP contribution < -0.4 is 14.9 Å². The first-order chi connectivity index (χ1) is 19.6. The highest BCUT2D eigenvalue weighted by atomic mass is 16.7. The summed E-state index contributed by atoms with van der Waals surface area (Å²) >= 11 is 0. The van der Waals surface area contributed by atoms with Crippen molar-refractivity contribution in [3.8, 4) is 28.6 Å². The maximum Gasteiger partial charge on any atom is 0.228 e. The summed E-state index contributed by atoms with van der Waals surface area (Å²) in [7, 11) is 1.52. The third kappa shape index (κ3) is 5.74. The molecule has 0 spiro atoms. The zero-order valence-corrected chi connectivity index (χ0v) is 21.6. The number of hydrogen-bond acceptors (Lipinski definition) is 14. The lowest BCUT2D eigenvalue weighted by atomic mass is 9.99. The molecule has 2 aliphatic heterocycles. The van der Waals surface area contributed by atoms with E-state index < -0.39 is 73.1 Å². The van der Waals surface area contributed by atoms with Gasteiger partial charge in [-0.25, -0.2) is 0 Å². The third-order valence-corrected chi connectivity index (χ3v) is 7.00. The molecule has 14 nitrogen and oxygen atoms in total. The minimum absolute atomic E-state index is 0.00649. The lowest BCUT2D eigenvalue weighted by Crippen LogP contribution is -2.62. The summed E-state index contributed by atoms with van der Waals surface area (Å²) in [6, 6.07) is 10.5. The number of aromatic hydroxyl groups is 1. The van der Waals surface area contributed by atoms with Gasteiger partial charge in [-0.15, -0.1) is 0 Å². The van der Waals surface area contributed by atoms with Crippen molar-refractivity contribution in [1.29, 1.82) is 0 Å². The van der Waals surface area contributed by atoms with E-state index in [0.717, 1.165) is 6.07 Å². The van der Waals surface area contributed by atoms with Gasteiger partial charge in [0.1, 0.15) is 76.7 Å². The molecule has 5 rings (SSSR count). The molecule has 222 valence electrons. The molecular weight excluding hydrogens is 548 g/mol. The van der Waals surface area contributed by atoms with Crippen LogP contribution in [0, 0.1) is 0 Å². The predicted octanol–water partition coefficient (Wildman–Crippen LogP) is -1.18. The second-order valence-electron chi connectivity index (χ2n) is 9.69. The van der Waals surface area contributed by atoms with Gasteiger partial charge >= 0.3 is 0 Å². The average molecular weight is 579 g/mol. The van der Waals surface area contributed by atoms with Crippen LogP contribution in [0.25, 0.3) is 22.3 Å². The van der Waals surface area contributed by atoms with Crippen molar-refractivity contribution < 1.29 is 63.8 Å². The molecule has 3 heterocycles. The highest BCUT2D eigenvalue weighted by molar-refractivity contribution is 5.86. The minimum atomic E-state index is -1.72. The monoisotopic (exact) mass is 578 g/mol. The number of ether oxygens (including phenoxy) is 5. The van der Waals surface area contributed by atoms with Crippen molar-refractivity contribution in [3.05, 3.63) is 52.7 Å². The molecule has 0 radical (unpaired) electrons. The molecule has 0 saturated carbocycles. The Morgan fingerprint density at radius 3 is 2.27 bits per heavy atom. The molecule has 2 fully saturated rings. The molecule has 7 N–H and O–H groups in total. The number of phenols is 1. The van der Waals surface area contributed by atoms with Gasteiger partial charge in [0.25, 0.3) is 0 Å². The lowest BCUT2D eigenvalue weighted by molar-refractivity contribution is -0.338. The van der Waals surface area contributed by atoms with Gasteiger partial charge in [-0.3, -0.25) is 4.79 Å². The van der Waals surface area contributed by atoms with Crippen molar-refractivity contribution in [3.63, 3.8) is 0 Å². The highest BCUT2D eigenvalue weighted by Crippen LogP contribution is 2.33. The van der Waals surface area contributed by atoms with Gasteiger partial charge < -0.3 is 63.8 Å². The Labute approximate surface area is 232 Å². The van der Waals surface area contributed by atoms with E-state index in [-0.39, 0.29) is 29.1 Å². The fraction of sp³-hybridized carbons (Fsp3) is 0.444. The number of hydrogen-bond donors (Lipinski definition) is 7. The highest BCUT2D eigenvalue weighted by Gasteiger charge is 2.48. The fourth-order valence-electron chi connectivity index (χ4n) is 4.69. The summed E-state index contributed by atoms with van der Waals surface area (Å²) in [6.07, 6.45) is -13.8. The standard InChI is InChI=1S/C27H30O14/c1-36-12-4-2-11(3-5-12)16-8-15(30)20-14(29)6-13(7-17(20)39-16)38-26-24(34)22(32)19(10-37-26)41-27-25(35)23(33)21(31)18(9-28)40-27/h2-8,18-19,21-29,31-35H,9-10H2,1H3. The SMILES string of the molecule is COc1ccc(-c2cc(=O)c3c(O)cc(OC4OCC(OC5OC(CO)C(O)C(O)C5O)C(O)C4O)cc3o2)cc1. The molecule has 2 aromatic carbocycles. The summed E-state index contributed by atoms with van der Waals surface area (Å²) in [5, 5.41) is 71.1. The lowest BCUT2D eigenvalue weighted by Gasteiger charge is -2.43. The second-order valence-corrected chi connectivity index (χ2v) is 9.69. The third-order valence-electron chi connectivity index (χ3n) is 7.00. The van der Waals surface area contributed by atoms with Gasteiger partial charge in [-0.2, -0.15) is 0 Å². The largest absolute Gasteiger partial charge is 0.507 e. The van der Waals surface area contributed by atoms with E-state index in [0.29, 0.717) is 11.3 Å². The smallest absolute Gasteiger partial charge is 0.228 e. The Bertz CT molecular complexity index is 1410. The summed E-state index contributed by atoms with van der Waals surface area (Å²) in [5.41, 5.74) is 0.0712. The second kappa shape index (κ2) is 11.9. The van der Waals surface area contributed by atoms with Gasteiger partial charge in [0.05, 0.1) is 20.3 Å². The van der Waals surface area contributed by atoms with Gasteiger partial charge in [-0.1, -0.05) is 0 Å². The molecular formula is C27H30O14. The number of fused-ring (bicyclic) bond motifs is 1. The molecule has 2 saturated heterocycles. The molecule has 0 aliphatic carbocycles. The summed E-state index contributed by atoms with van der Waals surface area (Å²) < 4.78 is 32.9. The Morgan fingerprint density at radius 2 is 1.59 bits per heavy atom. The quantitative estimate of drug-likeness (QED) is 0.176. The Balaban J connectivity index is 1.31. The molecule has 0 amide bonds. The summed E-state index contributed by atoms with van der Waals surface area (Å²) in [6.45, 7) is -1.04. The van der Waals surface area contributed by atoms with E-state index in [4.69, 9.17) is 28.1 Å². The van der Waals surface area contributed by atoms with Crippen LogP contribution in [-0.2, 0) is 14.2 Å². The Kier molecular flexibility index (Phi) is 8.47. The maximum atomic E-state index is 12.7. The first-order valence-electron chi connectivity index (χ1n) is 12.7. The van der Waals surface area contributed by atoms with E-state index in [9.17, 15) is 40.5 Å². The van der Waals surface area contributed by atoms with Crippen LogP contribution in [0.5, 0.6) is 17.2 Å². The van der Waals surface area contributed by atoms with Crippen LogP contribution in [0.3, 0.4) is 0 Å².